The van der Waals surface area contributed by atoms with Crippen LogP contribution in [0.4, 0.5) is 0 Å². The Hall–Kier alpha value is -2.97. The lowest BCUT2D eigenvalue weighted by Crippen LogP contribution is -2.36. The summed E-state index contributed by atoms with van der Waals surface area (Å²) in [6.45, 7) is 10.5. The van der Waals surface area contributed by atoms with Crippen LogP contribution in [0.5, 0.6) is 0 Å². The first-order chi connectivity index (χ1) is 12.9. The van der Waals surface area contributed by atoms with E-state index >= 15 is 0 Å². The van der Waals surface area contributed by atoms with Crippen molar-refractivity contribution in [1.82, 2.24) is 0 Å². The third-order valence-electron chi connectivity index (χ3n) is 3.68. The van der Waals surface area contributed by atoms with E-state index in [1.807, 2.05) is 19.1 Å². The van der Waals surface area contributed by atoms with Crippen LogP contribution in [0.2, 0.25) is 5.02 Å². The smallest absolute Gasteiger partial charge is 0.312 e. The largest absolute Gasteiger partial charge is 0.512 e. The highest BCUT2D eigenvalue weighted by Crippen LogP contribution is 2.15. The van der Waals surface area contributed by atoms with Gasteiger partial charge < -0.3 is 16.6 Å². The number of allylic oxidation sites excluding steroid dienone is 1. The highest BCUT2D eigenvalue weighted by Gasteiger charge is 2.25. The Balaban J connectivity index is 0.00000176. The second-order valence-electron chi connectivity index (χ2n) is 5.71. The Morgan fingerprint density at radius 3 is 2.26 bits per heavy atom. The molecule has 1 atom stereocenters. The first-order valence-corrected chi connectivity index (χ1v) is 8.69. The molecule has 5 nitrogen and oxygen atoms in total. The van der Waals surface area contributed by atoms with Crippen LogP contribution in [0.1, 0.15) is 29.8 Å². The molecule has 27 heavy (non-hydrogen) atoms. The molecule has 1 aromatic heterocycles. The van der Waals surface area contributed by atoms with Gasteiger partial charge in [-0.05, 0) is 50.6 Å². The van der Waals surface area contributed by atoms with Crippen molar-refractivity contribution >= 4 is 29.1 Å². The first kappa shape index (κ1) is 22.1. The molecule has 0 aliphatic rings. The zero-order valence-electron chi connectivity index (χ0n) is 15.5. The van der Waals surface area contributed by atoms with Gasteiger partial charge in [-0.2, -0.15) is 4.57 Å². The monoisotopic (exact) mass is 384 g/mol. The highest BCUT2D eigenvalue weighted by atomic mass is 35.5. The SMILES string of the molecule is CCOC(=O)C(C)/C=C(\C(=O)c1ccc(Cl)cc1)[n+]1ccc(C)cc1.[C-]#N. The Kier molecular flexibility index (Phi) is 8.91. The minimum absolute atomic E-state index is 0.193. The fraction of sp³-hybridized carbons (Fsp3) is 0.238. The lowest BCUT2D eigenvalue weighted by Gasteiger charge is -2.08. The minimum atomic E-state index is -0.542. The van der Waals surface area contributed by atoms with E-state index in [0.29, 0.717) is 22.9 Å². The lowest BCUT2D eigenvalue weighted by molar-refractivity contribution is -0.577. The van der Waals surface area contributed by atoms with Crippen molar-refractivity contribution < 1.29 is 18.9 Å². The molecule has 0 aliphatic heterocycles. The molecular formula is C21H21ClN2O3. The summed E-state index contributed by atoms with van der Waals surface area (Å²) in [5, 5.41) is 6.81. The number of nitrogens with zero attached hydrogens (tertiary/aromatic N) is 2. The zero-order chi connectivity index (χ0) is 20.4. The Bertz CT molecular complexity index is 825. The van der Waals surface area contributed by atoms with Crippen LogP contribution in [0.25, 0.3) is 5.70 Å². The Labute approximate surface area is 164 Å². The number of halogens is 1. The van der Waals surface area contributed by atoms with Crippen molar-refractivity contribution in [1.29, 1.82) is 5.26 Å². The van der Waals surface area contributed by atoms with Gasteiger partial charge >= 0.3 is 5.97 Å². The maximum absolute atomic E-state index is 13.0. The number of Topliss-reactive ketones (excluding diaryl/α,β-unsaturated/α-hetero) is 1. The van der Waals surface area contributed by atoms with Gasteiger partial charge in [0.1, 0.15) is 0 Å². The minimum Gasteiger partial charge on any atom is -0.512 e. The summed E-state index contributed by atoms with van der Waals surface area (Å²) in [5.41, 5.74) is 1.97. The van der Waals surface area contributed by atoms with Crippen molar-refractivity contribution in [2.24, 2.45) is 5.92 Å². The van der Waals surface area contributed by atoms with Gasteiger partial charge in [0.25, 0.3) is 11.5 Å². The molecule has 1 unspecified atom stereocenters. The summed E-state index contributed by atoms with van der Waals surface area (Å²) in [6.07, 6.45) is 5.23. The van der Waals surface area contributed by atoms with E-state index in [1.165, 1.54) is 0 Å². The number of pyridine rings is 1. The third-order valence-corrected chi connectivity index (χ3v) is 3.93. The Morgan fingerprint density at radius 1 is 1.19 bits per heavy atom. The van der Waals surface area contributed by atoms with Crippen molar-refractivity contribution in [2.75, 3.05) is 6.61 Å². The zero-order valence-corrected chi connectivity index (χ0v) is 16.2. The number of hydrogen-bond donors (Lipinski definition) is 0. The molecule has 2 rings (SSSR count). The van der Waals surface area contributed by atoms with Crippen LogP contribution in [0.15, 0.2) is 54.9 Å². The molecule has 0 saturated carbocycles. The second kappa shape index (κ2) is 10.9. The molecule has 0 radical (unpaired) electrons. The van der Waals surface area contributed by atoms with Gasteiger partial charge in [0.2, 0.25) is 0 Å². The van der Waals surface area contributed by atoms with E-state index in [2.05, 4.69) is 0 Å². The average Bonchev–Trinajstić information content (AvgIpc) is 2.68. The number of ketones is 1. The van der Waals surface area contributed by atoms with Gasteiger partial charge in [-0.3, -0.25) is 9.59 Å². The molecule has 0 saturated heterocycles. The summed E-state index contributed by atoms with van der Waals surface area (Å²) in [6, 6.07) is 10.5. The molecule has 6 heteroatoms. The van der Waals surface area contributed by atoms with Crippen LogP contribution in [0.3, 0.4) is 0 Å². The lowest BCUT2D eigenvalue weighted by atomic mass is 10.0. The van der Waals surface area contributed by atoms with E-state index in [1.54, 1.807) is 61.1 Å². The van der Waals surface area contributed by atoms with E-state index in [0.717, 1.165) is 5.56 Å². The molecule has 140 valence electrons. The van der Waals surface area contributed by atoms with E-state index in [-0.39, 0.29) is 11.8 Å². The number of aromatic nitrogens is 1. The maximum Gasteiger partial charge on any atom is 0.312 e. The molecule has 2 aromatic rings. The van der Waals surface area contributed by atoms with Gasteiger partial charge in [-0.1, -0.05) is 11.6 Å². The van der Waals surface area contributed by atoms with Crippen molar-refractivity contribution in [3.63, 3.8) is 0 Å². The van der Waals surface area contributed by atoms with E-state index < -0.39 is 5.92 Å². The predicted molar refractivity (Wildman–Crippen MR) is 102 cm³/mol. The number of carbonyl (C=O) groups is 2. The van der Waals surface area contributed by atoms with Gasteiger partial charge in [0.15, 0.2) is 12.4 Å². The first-order valence-electron chi connectivity index (χ1n) is 8.31. The number of hydrogen-bond acceptors (Lipinski definition) is 4. The number of benzene rings is 1. The summed E-state index contributed by atoms with van der Waals surface area (Å²) in [7, 11) is 0. The number of ether oxygens (including phenoxy) is 1. The normalized spacial score (nSPS) is 11.7. The molecule has 0 N–H and O–H groups in total. The highest BCUT2D eigenvalue weighted by molar-refractivity contribution is 6.31. The van der Waals surface area contributed by atoms with Gasteiger partial charge in [-0.15, -0.1) is 0 Å². The van der Waals surface area contributed by atoms with Crippen molar-refractivity contribution in [2.45, 2.75) is 20.8 Å². The van der Waals surface area contributed by atoms with Crippen LogP contribution >= 0.6 is 11.6 Å². The molecule has 0 fully saturated rings. The molecule has 0 spiro atoms. The Morgan fingerprint density at radius 2 is 1.74 bits per heavy atom. The molecule has 1 aromatic carbocycles. The van der Waals surface area contributed by atoms with Gasteiger partial charge in [-0.25, -0.2) is 0 Å². The van der Waals surface area contributed by atoms with E-state index in [9.17, 15) is 9.59 Å². The van der Waals surface area contributed by atoms with Crippen LogP contribution in [-0.4, -0.2) is 18.4 Å². The molecular weight excluding hydrogens is 364 g/mol. The van der Waals surface area contributed by atoms with Crippen LogP contribution < -0.4 is 4.57 Å². The molecule has 0 bridgehead atoms. The standard InChI is InChI=1S/C20H21ClNO3.CN/c1-4-25-20(24)15(3)13-18(22-11-9-14(2)10-12-22)19(23)16-5-7-17(21)8-6-16;1-2/h5-13,15H,4H2,1-3H3;/q+1;-1/b18-13+;. The molecule has 0 amide bonds. The quantitative estimate of drug-likeness (QED) is 0.248. The third kappa shape index (κ3) is 6.36. The average molecular weight is 385 g/mol. The molecule has 0 aliphatic carbocycles. The van der Waals surface area contributed by atoms with E-state index in [4.69, 9.17) is 28.2 Å². The van der Waals surface area contributed by atoms with Crippen molar-refractivity contribution in [3.05, 3.63) is 77.6 Å². The fourth-order valence-electron chi connectivity index (χ4n) is 2.27. The maximum atomic E-state index is 13.0. The van der Waals surface area contributed by atoms with Crippen molar-refractivity contribution in [3.8, 4) is 0 Å². The van der Waals surface area contributed by atoms with Gasteiger partial charge in [0, 0.05) is 28.8 Å². The summed E-state index contributed by atoms with van der Waals surface area (Å²) in [4.78, 5) is 24.9. The summed E-state index contributed by atoms with van der Waals surface area (Å²) in [5.74, 6) is -1.10. The van der Waals surface area contributed by atoms with Crippen LogP contribution in [-0.2, 0) is 9.53 Å². The number of carbonyl (C=O) groups excluding carboxylic acids is 2. The number of rotatable bonds is 6. The predicted octanol–water partition coefficient (Wildman–Crippen LogP) is 3.96. The topological polar surface area (TPSA) is 71.0 Å². The summed E-state index contributed by atoms with van der Waals surface area (Å²) >= 11 is 5.90. The number of aryl methyl sites for hydroxylation is 1. The number of esters is 1. The van der Waals surface area contributed by atoms with Crippen LogP contribution in [0, 0.1) is 24.7 Å². The second-order valence-corrected chi connectivity index (χ2v) is 6.15. The summed E-state index contributed by atoms with van der Waals surface area (Å²) < 4.78 is 6.75. The van der Waals surface area contributed by atoms with Gasteiger partial charge in [0.05, 0.1) is 12.5 Å². The fourth-order valence-corrected chi connectivity index (χ4v) is 2.39. The molecule has 1 heterocycles.